The summed E-state index contributed by atoms with van der Waals surface area (Å²) in [4.78, 5) is 0.401. The summed E-state index contributed by atoms with van der Waals surface area (Å²) in [7, 11) is -3.56. The molecule has 0 radical (unpaired) electrons. The Kier molecular flexibility index (Phi) is 6.60. The van der Waals surface area contributed by atoms with Gasteiger partial charge in [-0.05, 0) is 24.7 Å². The standard InChI is InChI=1S/C20H37N3O2S/c1-15(2)12-22(13-16(3)4)26(24,25)18-14-23(17-10-8-9-11-17)21-19(18)20(5,6)7/h14-17H,8-13H2,1-7H3. The highest BCUT2D eigenvalue weighted by Gasteiger charge is 2.35. The van der Waals surface area contributed by atoms with Crippen molar-refractivity contribution in [2.45, 2.75) is 90.5 Å². The van der Waals surface area contributed by atoms with Crippen molar-refractivity contribution in [1.29, 1.82) is 0 Å². The summed E-state index contributed by atoms with van der Waals surface area (Å²) in [6.45, 7) is 15.5. The van der Waals surface area contributed by atoms with Gasteiger partial charge >= 0.3 is 0 Å². The second-order valence-corrected chi connectivity index (χ2v) is 11.5. The van der Waals surface area contributed by atoms with Gasteiger partial charge in [-0.15, -0.1) is 0 Å². The molecular weight excluding hydrogens is 346 g/mol. The predicted molar refractivity (Wildman–Crippen MR) is 107 cm³/mol. The van der Waals surface area contributed by atoms with E-state index in [2.05, 4.69) is 27.7 Å². The summed E-state index contributed by atoms with van der Waals surface area (Å²) in [5.74, 6) is 0.568. The first-order chi connectivity index (χ1) is 11.9. The maximum Gasteiger partial charge on any atom is 0.246 e. The lowest BCUT2D eigenvalue weighted by Crippen LogP contribution is -2.37. The van der Waals surface area contributed by atoms with E-state index in [-0.39, 0.29) is 17.3 Å². The molecule has 1 aliphatic carbocycles. The Morgan fingerprint density at radius 1 is 1.12 bits per heavy atom. The molecule has 2 rings (SSSR count). The summed E-state index contributed by atoms with van der Waals surface area (Å²) in [5, 5.41) is 4.78. The van der Waals surface area contributed by atoms with Crippen molar-refractivity contribution in [1.82, 2.24) is 14.1 Å². The molecular formula is C20H37N3O2S. The van der Waals surface area contributed by atoms with Gasteiger partial charge in [0.05, 0.1) is 11.7 Å². The highest BCUT2D eigenvalue weighted by molar-refractivity contribution is 7.89. The molecule has 1 aromatic heterocycles. The summed E-state index contributed by atoms with van der Waals surface area (Å²) >= 11 is 0. The Morgan fingerprint density at radius 3 is 2.04 bits per heavy atom. The lowest BCUT2D eigenvalue weighted by molar-refractivity contribution is 0.332. The molecule has 0 atom stereocenters. The van der Waals surface area contributed by atoms with Crippen LogP contribution in [0.15, 0.2) is 11.1 Å². The van der Waals surface area contributed by atoms with Gasteiger partial charge in [0.25, 0.3) is 0 Å². The highest BCUT2D eigenvalue weighted by atomic mass is 32.2. The second kappa shape index (κ2) is 8.01. The first-order valence-corrected chi connectivity index (χ1v) is 11.5. The molecule has 1 heterocycles. The van der Waals surface area contributed by atoms with Crippen molar-refractivity contribution in [3.05, 3.63) is 11.9 Å². The molecule has 0 spiro atoms. The molecule has 0 amide bonds. The Hall–Kier alpha value is -0.880. The number of nitrogens with zero attached hydrogens (tertiary/aromatic N) is 3. The Labute approximate surface area is 160 Å². The molecule has 0 unspecified atom stereocenters. The van der Waals surface area contributed by atoms with Crippen LogP contribution in [0.3, 0.4) is 0 Å². The predicted octanol–water partition coefficient (Wildman–Crippen LogP) is 4.60. The van der Waals surface area contributed by atoms with Crippen molar-refractivity contribution < 1.29 is 8.42 Å². The lowest BCUT2D eigenvalue weighted by Gasteiger charge is -2.27. The fraction of sp³-hybridized carbons (Fsp3) is 0.850. The average molecular weight is 384 g/mol. The van der Waals surface area contributed by atoms with E-state index in [0.717, 1.165) is 12.8 Å². The largest absolute Gasteiger partial charge is 0.268 e. The SMILES string of the molecule is CC(C)CN(CC(C)C)S(=O)(=O)c1cn(C2CCCC2)nc1C(C)(C)C. The van der Waals surface area contributed by atoms with E-state index >= 15 is 0 Å². The van der Waals surface area contributed by atoms with Crippen LogP contribution in [0.2, 0.25) is 0 Å². The molecule has 0 N–H and O–H groups in total. The zero-order chi connectivity index (χ0) is 19.7. The Morgan fingerprint density at radius 2 is 1.62 bits per heavy atom. The van der Waals surface area contributed by atoms with Crippen molar-refractivity contribution in [2.24, 2.45) is 11.8 Å². The molecule has 26 heavy (non-hydrogen) atoms. The summed E-state index contributed by atoms with van der Waals surface area (Å²) in [5.41, 5.74) is 0.384. The molecule has 150 valence electrons. The quantitative estimate of drug-likeness (QED) is 0.691. The van der Waals surface area contributed by atoms with Gasteiger partial charge in [0.1, 0.15) is 4.90 Å². The van der Waals surface area contributed by atoms with Crippen LogP contribution in [0.5, 0.6) is 0 Å². The third kappa shape index (κ3) is 4.89. The third-order valence-electron chi connectivity index (χ3n) is 4.86. The summed E-state index contributed by atoms with van der Waals surface area (Å²) < 4.78 is 30.7. The number of sulfonamides is 1. The van der Waals surface area contributed by atoms with Gasteiger partial charge in [-0.2, -0.15) is 9.40 Å². The molecule has 6 heteroatoms. The minimum absolute atomic E-state index is 0.284. The minimum Gasteiger partial charge on any atom is -0.268 e. The molecule has 0 aliphatic heterocycles. The fourth-order valence-corrected chi connectivity index (χ4v) is 5.76. The van der Waals surface area contributed by atoms with Gasteiger partial charge < -0.3 is 0 Å². The van der Waals surface area contributed by atoms with Crippen molar-refractivity contribution in [3.63, 3.8) is 0 Å². The van der Waals surface area contributed by atoms with E-state index < -0.39 is 10.0 Å². The van der Waals surface area contributed by atoms with E-state index in [1.165, 1.54) is 12.8 Å². The monoisotopic (exact) mass is 383 g/mol. The molecule has 1 aromatic rings. The minimum atomic E-state index is -3.56. The number of rotatable bonds is 7. The highest BCUT2D eigenvalue weighted by Crippen LogP contribution is 2.35. The van der Waals surface area contributed by atoms with Gasteiger partial charge in [0.15, 0.2) is 0 Å². The maximum atomic E-state index is 13.6. The molecule has 1 fully saturated rings. The summed E-state index contributed by atoms with van der Waals surface area (Å²) in [6, 6.07) is 0.337. The topological polar surface area (TPSA) is 55.2 Å². The van der Waals surface area contributed by atoms with Crippen LogP contribution in [0.1, 0.15) is 85.9 Å². The van der Waals surface area contributed by atoms with Gasteiger partial charge in [-0.1, -0.05) is 61.3 Å². The van der Waals surface area contributed by atoms with E-state index in [4.69, 9.17) is 5.10 Å². The zero-order valence-corrected chi connectivity index (χ0v) is 18.4. The van der Waals surface area contributed by atoms with Gasteiger partial charge in [0, 0.05) is 24.7 Å². The summed E-state index contributed by atoms with van der Waals surface area (Å²) in [6.07, 6.45) is 6.38. The van der Waals surface area contributed by atoms with Crippen molar-refractivity contribution in [3.8, 4) is 0 Å². The van der Waals surface area contributed by atoms with E-state index in [1.54, 1.807) is 10.5 Å². The van der Waals surface area contributed by atoms with Gasteiger partial charge in [-0.3, -0.25) is 4.68 Å². The zero-order valence-electron chi connectivity index (χ0n) is 17.6. The first kappa shape index (κ1) is 21.4. The molecule has 0 aromatic carbocycles. The van der Waals surface area contributed by atoms with Crippen LogP contribution in [0.4, 0.5) is 0 Å². The number of hydrogen-bond acceptors (Lipinski definition) is 3. The molecule has 0 saturated heterocycles. The first-order valence-electron chi connectivity index (χ1n) is 10.0. The molecule has 5 nitrogen and oxygen atoms in total. The van der Waals surface area contributed by atoms with Crippen LogP contribution in [0.25, 0.3) is 0 Å². The second-order valence-electron chi connectivity index (χ2n) is 9.62. The maximum absolute atomic E-state index is 13.6. The third-order valence-corrected chi connectivity index (χ3v) is 6.70. The smallest absolute Gasteiger partial charge is 0.246 e. The van der Waals surface area contributed by atoms with E-state index in [0.29, 0.717) is 29.7 Å². The Balaban J connectivity index is 2.51. The average Bonchev–Trinajstić information content (AvgIpc) is 3.14. The fourth-order valence-electron chi connectivity index (χ4n) is 3.66. The van der Waals surface area contributed by atoms with Crippen molar-refractivity contribution in [2.75, 3.05) is 13.1 Å². The molecule has 1 aliphatic rings. The van der Waals surface area contributed by atoms with Crippen molar-refractivity contribution >= 4 is 10.0 Å². The van der Waals surface area contributed by atoms with Crippen LogP contribution < -0.4 is 0 Å². The lowest BCUT2D eigenvalue weighted by atomic mass is 9.92. The van der Waals surface area contributed by atoms with E-state index in [9.17, 15) is 8.42 Å². The van der Waals surface area contributed by atoms with Crippen LogP contribution in [-0.4, -0.2) is 35.6 Å². The van der Waals surface area contributed by atoms with Gasteiger partial charge in [0.2, 0.25) is 10.0 Å². The van der Waals surface area contributed by atoms with Gasteiger partial charge in [-0.25, -0.2) is 8.42 Å². The van der Waals surface area contributed by atoms with E-state index in [1.807, 2.05) is 25.5 Å². The number of hydrogen-bond donors (Lipinski definition) is 0. The normalized spacial score (nSPS) is 17.2. The van der Waals surface area contributed by atoms with Crippen LogP contribution >= 0.6 is 0 Å². The van der Waals surface area contributed by atoms with Crippen LogP contribution in [0, 0.1) is 11.8 Å². The molecule has 0 bridgehead atoms. The Bertz CT molecular complexity index is 683. The molecule has 1 saturated carbocycles. The van der Waals surface area contributed by atoms with Crippen LogP contribution in [-0.2, 0) is 15.4 Å². The number of aromatic nitrogens is 2.